The highest BCUT2D eigenvalue weighted by Crippen LogP contribution is 2.39. The van der Waals surface area contributed by atoms with E-state index >= 15 is 0 Å². The van der Waals surface area contributed by atoms with Gasteiger partial charge in [-0.3, -0.25) is 10.2 Å². The first-order valence-corrected chi connectivity index (χ1v) is 12.3. The second-order valence-corrected chi connectivity index (χ2v) is 8.91. The standard InChI is InChI=1S/C26H25F3N6O5/c1-38-25(37)33-22-14-23(31-15-30-22)40-18-3-5-20-16(12-18)6-7-35(20)24(36)32-17-2-4-21(19(13-17)26(27,28)29)34-8-10-39-11-9-34/h2-5,12-15H,6-11H2,1H3,(H,32,36)(H,30,31,33,37). The van der Waals surface area contributed by atoms with Crippen LogP contribution in [0.25, 0.3) is 0 Å². The Labute approximate surface area is 226 Å². The number of urea groups is 1. The molecule has 2 aliphatic heterocycles. The van der Waals surface area contributed by atoms with Crippen molar-refractivity contribution < 1.29 is 37.0 Å². The van der Waals surface area contributed by atoms with Crippen LogP contribution in [0.1, 0.15) is 11.1 Å². The summed E-state index contributed by atoms with van der Waals surface area (Å²) in [6.07, 6.45) is -3.55. The molecule has 0 spiro atoms. The lowest BCUT2D eigenvalue weighted by Gasteiger charge is -2.31. The summed E-state index contributed by atoms with van der Waals surface area (Å²) in [4.78, 5) is 35.5. The quantitative estimate of drug-likeness (QED) is 0.454. The van der Waals surface area contributed by atoms with E-state index in [0.717, 1.165) is 11.6 Å². The smallest absolute Gasteiger partial charge is 0.418 e. The molecule has 1 aromatic heterocycles. The molecule has 5 rings (SSSR count). The molecule has 2 N–H and O–H groups in total. The average Bonchev–Trinajstić information content (AvgIpc) is 3.37. The van der Waals surface area contributed by atoms with Gasteiger partial charge in [-0.05, 0) is 48.4 Å². The Morgan fingerprint density at radius 2 is 1.75 bits per heavy atom. The maximum atomic E-state index is 13.9. The molecule has 40 heavy (non-hydrogen) atoms. The van der Waals surface area contributed by atoms with Crippen molar-refractivity contribution in [3.63, 3.8) is 0 Å². The van der Waals surface area contributed by atoms with Crippen LogP contribution in [0.2, 0.25) is 0 Å². The van der Waals surface area contributed by atoms with Gasteiger partial charge in [0.1, 0.15) is 17.9 Å². The number of anilines is 4. The van der Waals surface area contributed by atoms with E-state index in [0.29, 0.717) is 50.7 Å². The van der Waals surface area contributed by atoms with Crippen molar-refractivity contribution in [2.75, 3.05) is 60.4 Å². The first kappa shape index (κ1) is 27.0. The Kier molecular flexibility index (Phi) is 7.60. The van der Waals surface area contributed by atoms with Crippen molar-refractivity contribution in [1.82, 2.24) is 9.97 Å². The van der Waals surface area contributed by atoms with Gasteiger partial charge in [-0.15, -0.1) is 0 Å². The van der Waals surface area contributed by atoms with E-state index in [1.54, 1.807) is 23.1 Å². The zero-order valence-electron chi connectivity index (χ0n) is 21.3. The largest absolute Gasteiger partial charge is 0.453 e. The third-order valence-electron chi connectivity index (χ3n) is 6.38. The summed E-state index contributed by atoms with van der Waals surface area (Å²) in [6.45, 7) is 1.75. The van der Waals surface area contributed by atoms with Gasteiger partial charge in [0.2, 0.25) is 5.88 Å². The fraction of sp³-hybridized carbons (Fsp3) is 0.308. The number of rotatable bonds is 5. The molecule has 1 saturated heterocycles. The lowest BCUT2D eigenvalue weighted by Crippen LogP contribution is -2.37. The molecule has 0 saturated carbocycles. The number of nitrogens with one attached hydrogen (secondary N) is 2. The first-order valence-electron chi connectivity index (χ1n) is 12.3. The number of carbonyl (C=O) groups is 2. The fourth-order valence-corrected chi connectivity index (χ4v) is 4.50. The van der Waals surface area contributed by atoms with Gasteiger partial charge in [0.15, 0.2) is 0 Å². The Morgan fingerprint density at radius 3 is 2.50 bits per heavy atom. The first-order chi connectivity index (χ1) is 19.2. The Bertz CT molecular complexity index is 1410. The number of nitrogens with zero attached hydrogens (tertiary/aromatic N) is 4. The summed E-state index contributed by atoms with van der Waals surface area (Å²) in [7, 11) is 1.23. The van der Waals surface area contributed by atoms with Gasteiger partial charge in [0.25, 0.3) is 0 Å². The van der Waals surface area contributed by atoms with Crippen molar-refractivity contribution >= 4 is 35.0 Å². The van der Waals surface area contributed by atoms with Gasteiger partial charge in [0, 0.05) is 42.8 Å². The third kappa shape index (κ3) is 6.01. The lowest BCUT2D eigenvalue weighted by atomic mass is 10.1. The van der Waals surface area contributed by atoms with Gasteiger partial charge >= 0.3 is 18.3 Å². The molecule has 210 valence electrons. The third-order valence-corrected chi connectivity index (χ3v) is 6.38. The molecule has 0 atom stereocenters. The van der Waals surface area contributed by atoms with E-state index in [9.17, 15) is 22.8 Å². The number of ether oxygens (including phenoxy) is 3. The van der Waals surface area contributed by atoms with Gasteiger partial charge in [-0.1, -0.05) is 0 Å². The number of morpholine rings is 1. The summed E-state index contributed by atoms with van der Waals surface area (Å²) < 4.78 is 57.2. The molecule has 14 heteroatoms. The van der Waals surface area contributed by atoms with Crippen molar-refractivity contribution in [2.24, 2.45) is 0 Å². The molecular weight excluding hydrogens is 533 g/mol. The highest BCUT2D eigenvalue weighted by molar-refractivity contribution is 6.03. The number of hydrogen-bond acceptors (Lipinski definition) is 8. The molecule has 3 amide bonds. The number of alkyl halides is 3. The lowest BCUT2D eigenvalue weighted by molar-refractivity contribution is -0.137. The SMILES string of the molecule is COC(=O)Nc1cc(Oc2ccc3c(c2)CCN3C(=O)Nc2ccc(N3CCOCC3)c(C(F)(F)F)c2)ncn1. The van der Waals surface area contributed by atoms with Crippen LogP contribution in [0.4, 0.5) is 45.6 Å². The predicted molar refractivity (Wildman–Crippen MR) is 139 cm³/mol. The second-order valence-electron chi connectivity index (χ2n) is 8.91. The Hall–Kier alpha value is -4.59. The zero-order chi connectivity index (χ0) is 28.3. The fourth-order valence-electron chi connectivity index (χ4n) is 4.50. The van der Waals surface area contributed by atoms with E-state index in [-0.39, 0.29) is 23.1 Å². The van der Waals surface area contributed by atoms with Crippen LogP contribution in [0, 0.1) is 0 Å². The average molecular weight is 559 g/mol. The number of benzene rings is 2. The van der Waals surface area contributed by atoms with Crippen molar-refractivity contribution in [3.8, 4) is 11.6 Å². The molecule has 11 nitrogen and oxygen atoms in total. The minimum atomic E-state index is -4.59. The molecule has 3 aromatic rings. The normalized spacial score (nSPS) is 14.9. The molecular formula is C26H25F3N6O5. The summed E-state index contributed by atoms with van der Waals surface area (Å²) in [5, 5.41) is 5.02. The van der Waals surface area contributed by atoms with Gasteiger partial charge in [-0.25, -0.2) is 19.6 Å². The predicted octanol–water partition coefficient (Wildman–Crippen LogP) is 4.90. The maximum Gasteiger partial charge on any atom is 0.418 e. The van der Waals surface area contributed by atoms with E-state index < -0.39 is 23.9 Å². The summed E-state index contributed by atoms with van der Waals surface area (Å²) >= 11 is 0. The summed E-state index contributed by atoms with van der Waals surface area (Å²) in [5.74, 6) is 0.805. The van der Waals surface area contributed by atoms with Crippen LogP contribution < -0.4 is 25.2 Å². The topological polar surface area (TPSA) is 118 Å². The number of halogens is 3. The van der Waals surface area contributed by atoms with Gasteiger partial charge < -0.3 is 24.4 Å². The van der Waals surface area contributed by atoms with Gasteiger partial charge in [0.05, 0.1) is 25.9 Å². The summed E-state index contributed by atoms with van der Waals surface area (Å²) in [6, 6.07) is 9.76. The minimum absolute atomic E-state index is 0.0443. The molecule has 1 fully saturated rings. The number of methoxy groups -OCH3 is 1. The van der Waals surface area contributed by atoms with Crippen LogP contribution in [-0.4, -0.2) is 62.1 Å². The minimum Gasteiger partial charge on any atom is -0.453 e. The van der Waals surface area contributed by atoms with Crippen LogP contribution in [0.3, 0.4) is 0 Å². The number of carbonyl (C=O) groups excluding carboxylic acids is 2. The molecule has 2 aromatic carbocycles. The number of hydrogen-bond donors (Lipinski definition) is 2. The molecule has 0 unspecified atom stereocenters. The number of amides is 3. The number of aromatic nitrogens is 2. The second kappa shape index (κ2) is 11.3. The molecule has 0 radical (unpaired) electrons. The molecule has 3 heterocycles. The van der Waals surface area contributed by atoms with Crippen LogP contribution >= 0.6 is 0 Å². The summed E-state index contributed by atoms with van der Waals surface area (Å²) in [5.41, 5.74) is 0.716. The maximum absolute atomic E-state index is 13.9. The zero-order valence-corrected chi connectivity index (χ0v) is 21.3. The van der Waals surface area contributed by atoms with Crippen LogP contribution in [0.15, 0.2) is 48.8 Å². The molecule has 2 aliphatic rings. The monoisotopic (exact) mass is 558 g/mol. The highest BCUT2D eigenvalue weighted by atomic mass is 19.4. The molecule has 0 bridgehead atoms. The molecule has 0 aliphatic carbocycles. The highest BCUT2D eigenvalue weighted by Gasteiger charge is 2.36. The van der Waals surface area contributed by atoms with E-state index in [4.69, 9.17) is 9.47 Å². The Balaban J connectivity index is 1.28. The Morgan fingerprint density at radius 1 is 0.975 bits per heavy atom. The number of fused-ring (bicyclic) bond motifs is 1. The van der Waals surface area contributed by atoms with Crippen LogP contribution in [0.5, 0.6) is 11.6 Å². The van der Waals surface area contributed by atoms with Gasteiger partial charge in [-0.2, -0.15) is 13.2 Å². The van der Waals surface area contributed by atoms with E-state index in [1.807, 2.05) is 0 Å². The van der Waals surface area contributed by atoms with Crippen LogP contribution in [-0.2, 0) is 22.1 Å². The van der Waals surface area contributed by atoms with E-state index in [1.165, 1.54) is 36.5 Å². The van der Waals surface area contributed by atoms with Crippen molar-refractivity contribution in [2.45, 2.75) is 12.6 Å². The van der Waals surface area contributed by atoms with E-state index in [2.05, 4.69) is 25.3 Å². The van der Waals surface area contributed by atoms with Crippen molar-refractivity contribution in [3.05, 3.63) is 59.9 Å². The van der Waals surface area contributed by atoms with Crippen molar-refractivity contribution in [1.29, 1.82) is 0 Å².